The van der Waals surface area contributed by atoms with Crippen molar-refractivity contribution in [2.24, 2.45) is 0 Å². The van der Waals surface area contributed by atoms with Crippen molar-refractivity contribution in [3.05, 3.63) is 0 Å². The largest absolute Gasteiger partial charge is 0.480 e. The van der Waals surface area contributed by atoms with Gasteiger partial charge in [-0.1, -0.05) is 0 Å². The number of carboxylic acids is 1. The predicted octanol–water partition coefficient (Wildman–Crippen LogP) is -0.835. The van der Waals surface area contributed by atoms with E-state index in [4.69, 9.17) is 14.8 Å². The van der Waals surface area contributed by atoms with Crippen LogP contribution in [0.3, 0.4) is 0 Å². The van der Waals surface area contributed by atoms with Crippen molar-refractivity contribution in [3.63, 3.8) is 0 Å². The molecule has 0 saturated heterocycles. The highest BCUT2D eigenvalue weighted by Crippen LogP contribution is 1.98. The van der Waals surface area contributed by atoms with Crippen molar-refractivity contribution in [2.75, 3.05) is 14.2 Å². The van der Waals surface area contributed by atoms with Gasteiger partial charge in [0.1, 0.15) is 12.3 Å². The van der Waals surface area contributed by atoms with Crippen LogP contribution < -0.4 is 0 Å². The molecule has 0 aliphatic rings. The molecule has 2 atom stereocenters. The zero-order chi connectivity index (χ0) is 13.5. The number of likely N-dealkylation sites (N-methyl/N-ethyl adjacent to an activating group) is 1. The molecular formula is C7H17NO7S. The number of aliphatic hydroxyl groups excluding tert-OH is 1. The molecular weight excluding hydrogens is 242 g/mol. The fraction of sp³-hybridized carbons (Fsp3) is 0.857. The van der Waals surface area contributed by atoms with Gasteiger partial charge in [-0.2, -0.15) is 8.42 Å². The van der Waals surface area contributed by atoms with E-state index in [0.717, 1.165) is 7.11 Å². The number of carbonyl (C=O) groups is 1. The summed E-state index contributed by atoms with van der Waals surface area (Å²) < 4.78 is 29.7. The Kier molecular flexibility index (Phi) is 8.29. The molecule has 0 aromatic heterocycles. The van der Waals surface area contributed by atoms with E-state index in [0.29, 0.717) is 0 Å². The molecule has 0 fully saturated rings. The third kappa shape index (κ3) is 9.80. The number of aliphatic carboxylic acids is 1. The molecule has 0 aliphatic heterocycles. The Morgan fingerprint density at radius 1 is 1.38 bits per heavy atom. The van der Waals surface area contributed by atoms with Crippen LogP contribution in [0, 0.1) is 0 Å². The fourth-order valence-corrected chi connectivity index (χ4v) is 0.498. The van der Waals surface area contributed by atoms with Gasteiger partial charge in [-0.05, 0) is 20.9 Å². The third-order valence-corrected chi connectivity index (χ3v) is 2.19. The van der Waals surface area contributed by atoms with Crippen LogP contribution in [-0.2, 0) is 19.4 Å². The lowest BCUT2D eigenvalue weighted by molar-refractivity contribution is -0.145. The highest BCUT2D eigenvalue weighted by molar-refractivity contribution is 7.80. The van der Waals surface area contributed by atoms with E-state index < -0.39 is 28.6 Å². The summed E-state index contributed by atoms with van der Waals surface area (Å²) in [5, 5.41) is 17.4. The Hall–Kier alpha value is -0.740. The molecule has 0 saturated carbocycles. The third-order valence-electron chi connectivity index (χ3n) is 1.77. The maximum atomic E-state index is 10.3. The van der Waals surface area contributed by atoms with Crippen LogP contribution in [0.15, 0.2) is 0 Å². The summed E-state index contributed by atoms with van der Waals surface area (Å²) in [6.07, 6.45) is -0.717. The van der Waals surface area contributed by atoms with Crippen molar-refractivity contribution < 1.29 is 32.2 Å². The molecule has 3 N–H and O–H groups in total. The van der Waals surface area contributed by atoms with Gasteiger partial charge in [0.25, 0.3) is 0 Å². The summed E-state index contributed by atoms with van der Waals surface area (Å²) in [4.78, 5) is 11.7. The minimum absolute atomic E-state index is 0.639. The fourth-order valence-electron chi connectivity index (χ4n) is 0.498. The normalized spacial score (nSPS) is 14.9. The van der Waals surface area contributed by atoms with E-state index in [-0.39, 0.29) is 0 Å². The Labute approximate surface area is 94.4 Å². The van der Waals surface area contributed by atoms with E-state index >= 15 is 0 Å². The van der Waals surface area contributed by atoms with Crippen molar-refractivity contribution >= 4 is 16.4 Å². The standard InChI is InChI=1S/C6H13NO3.CH4O4S/c1-4(6(9)10)7(3)5(2)8;1-5-6(2,3)4/h4-5,8H,1-3H3,(H,9,10);1H3,(H,2,3,4). The number of carboxylic acid groups (broad SMARTS) is 1. The molecule has 0 aromatic rings. The van der Waals surface area contributed by atoms with Gasteiger partial charge in [0, 0.05) is 0 Å². The summed E-state index contributed by atoms with van der Waals surface area (Å²) >= 11 is 0. The predicted molar refractivity (Wildman–Crippen MR) is 55.1 cm³/mol. The first-order valence-corrected chi connectivity index (χ1v) is 5.55. The molecule has 0 spiro atoms. The van der Waals surface area contributed by atoms with Gasteiger partial charge in [-0.15, -0.1) is 0 Å². The van der Waals surface area contributed by atoms with Gasteiger partial charge < -0.3 is 10.2 Å². The van der Waals surface area contributed by atoms with Crippen LogP contribution in [0.4, 0.5) is 0 Å². The van der Waals surface area contributed by atoms with Crippen LogP contribution in [0.2, 0.25) is 0 Å². The maximum Gasteiger partial charge on any atom is 0.397 e. The summed E-state index contributed by atoms with van der Waals surface area (Å²) in [5.41, 5.74) is 0. The van der Waals surface area contributed by atoms with E-state index in [9.17, 15) is 13.2 Å². The van der Waals surface area contributed by atoms with Crippen LogP contribution in [0.25, 0.3) is 0 Å². The molecule has 0 amide bonds. The van der Waals surface area contributed by atoms with Gasteiger partial charge in [-0.25, -0.2) is 0 Å². The summed E-state index contributed by atoms with van der Waals surface area (Å²) in [5.74, 6) is -0.927. The van der Waals surface area contributed by atoms with Gasteiger partial charge in [-0.3, -0.25) is 18.4 Å². The second kappa shape index (κ2) is 7.52. The number of hydrogen-bond donors (Lipinski definition) is 3. The van der Waals surface area contributed by atoms with E-state index in [1.807, 2.05) is 0 Å². The molecule has 98 valence electrons. The van der Waals surface area contributed by atoms with E-state index in [1.54, 1.807) is 7.05 Å². The minimum atomic E-state index is -4.16. The molecule has 0 heterocycles. The molecule has 16 heavy (non-hydrogen) atoms. The van der Waals surface area contributed by atoms with Gasteiger partial charge in [0.2, 0.25) is 0 Å². The lowest BCUT2D eigenvalue weighted by atomic mass is 10.3. The Bertz CT molecular complexity index is 300. The first-order chi connectivity index (χ1) is 7.02. The topological polar surface area (TPSA) is 124 Å². The Morgan fingerprint density at radius 2 is 1.69 bits per heavy atom. The number of rotatable bonds is 4. The quantitative estimate of drug-likeness (QED) is 0.441. The molecule has 0 bridgehead atoms. The van der Waals surface area contributed by atoms with Gasteiger partial charge >= 0.3 is 16.4 Å². The van der Waals surface area contributed by atoms with Crippen molar-refractivity contribution in [1.82, 2.24) is 4.90 Å². The molecule has 0 radical (unpaired) electrons. The molecule has 0 aliphatic carbocycles. The lowest BCUT2D eigenvalue weighted by Gasteiger charge is -2.23. The molecule has 0 aromatic carbocycles. The number of hydrogen-bond acceptors (Lipinski definition) is 6. The van der Waals surface area contributed by atoms with Gasteiger partial charge in [0.15, 0.2) is 0 Å². The zero-order valence-corrected chi connectivity index (χ0v) is 10.3. The monoisotopic (exact) mass is 259 g/mol. The highest BCUT2D eigenvalue weighted by Gasteiger charge is 2.19. The number of aliphatic hydroxyl groups is 1. The first kappa shape index (κ1) is 17.6. The molecule has 2 unspecified atom stereocenters. The second-order valence-corrected chi connectivity index (χ2v) is 4.09. The molecule has 0 rings (SSSR count). The molecule has 9 heteroatoms. The zero-order valence-electron chi connectivity index (χ0n) is 9.48. The van der Waals surface area contributed by atoms with Crippen molar-refractivity contribution in [1.29, 1.82) is 0 Å². The van der Waals surface area contributed by atoms with Crippen LogP contribution in [0.1, 0.15) is 13.8 Å². The smallest absolute Gasteiger partial charge is 0.397 e. The summed E-state index contributed by atoms with van der Waals surface area (Å²) in [6.45, 7) is 3.05. The summed E-state index contributed by atoms with van der Waals surface area (Å²) in [7, 11) is -1.73. The van der Waals surface area contributed by atoms with Crippen molar-refractivity contribution in [2.45, 2.75) is 26.1 Å². The van der Waals surface area contributed by atoms with E-state index in [1.165, 1.54) is 18.7 Å². The van der Waals surface area contributed by atoms with Crippen LogP contribution >= 0.6 is 0 Å². The Morgan fingerprint density at radius 3 is 1.75 bits per heavy atom. The molecule has 8 nitrogen and oxygen atoms in total. The Balaban J connectivity index is 0. The van der Waals surface area contributed by atoms with Crippen molar-refractivity contribution in [3.8, 4) is 0 Å². The summed E-state index contributed by atoms with van der Waals surface area (Å²) in [6, 6.07) is -0.639. The first-order valence-electron chi connectivity index (χ1n) is 4.18. The average molecular weight is 259 g/mol. The van der Waals surface area contributed by atoms with Crippen LogP contribution in [-0.4, -0.2) is 60.5 Å². The maximum absolute atomic E-state index is 10.3. The lowest BCUT2D eigenvalue weighted by Crippen LogP contribution is -2.41. The average Bonchev–Trinajstić information content (AvgIpc) is 2.15. The number of nitrogens with zero attached hydrogens (tertiary/aromatic N) is 1. The van der Waals surface area contributed by atoms with E-state index in [2.05, 4.69) is 4.18 Å². The van der Waals surface area contributed by atoms with Crippen LogP contribution in [0.5, 0.6) is 0 Å². The SMILES string of the molecule is CC(O)N(C)C(C)C(=O)O.COS(=O)(=O)O. The van der Waals surface area contributed by atoms with Gasteiger partial charge in [0.05, 0.1) is 7.11 Å². The second-order valence-electron chi connectivity index (χ2n) is 2.91. The highest BCUT2D eigenvalue weighted by atomic mass is 32.3. The minimum Gasteiger partial charge on any atom is -0.480 e.